The first-order valence-corrected chi connectivity index (χ1v) is 5.85. The minimum atomic E-state index is -4.42. The summed E-state index contributed by atoms with van der Waals surface area (Å²) in [6.45, 7) is 1.78. The van der Waals surface area contributed by atoms with Gasteiger partial charge in [-0.15, -0.1) is 0 Å². The Kier molecular flexibility index (Phi) is 3.61. The monoisotopic (exact) mass is 270 g/mol. The summed E-state index contributed by atoms with van der Waals surface area (Å²) in [6, 6.07) is 4.48. The molecule has 1 aromatic carbocycles. The van der Waals surface area contributed by atoms with Crippen LogP contribution in [0.2, 0.25) is 0 Å². The Morgan fingerprint density at radius 1 is 1.26 bits per heavy atom. The Balaban J connectivity index is 2.67. The Bertz CT molecular complexity index is 634. The number of alkyl halides is 3. The van der Waals surface area contributed by atoms with Crippen molar-refractivity contribution in [3.05, 3.63) is 46.4 Å². The zero-order valence-corrected chi connectivity index (χ0v) is 10.2. The highest BCUT2D eigenvalue weighted by molar-refractivity contribution is 5.85. The minimum absolute atomic E-state index is 0.0320. The summed E-state index contributed by atoms with van der Waals surface area (Å²) < 4.78 is 39.2. The van der Waals surface area contributed by atoms with Crippen LogP contribution in [0.3, 0.4) is 0 Å². The van der Waals surface area contributed by atoms with Gasteiger partial charge in [0.1, 0.15) is 6.04 Å². The summed E-state index contributed by atoms with van der Waals surface area (Å²) in [4.78, 5) is 14.0. The standard InChI is InChI=1S/C13H13F3N2O/c1-2-17-11(13(14,15)16)10-7-18-12(19)9-6-4-3-5-8(9)10/h3-7,11,17H,2H2,1H3,(H,18,19). The Hall–Kier alpha value is -1.82. The fourth-order valence-electron chi connectivity index (χ4n) is 2.08. The van der Waals surface area contributed by atoms with Crippen molar-refractivity contribution in [3.63, 3.8) is 0 Å². The van der Waals surface area contributed by atoms with E-state index in [0.29, 0.717) is 5.39 Å². The highest BCUT2D eigenvalue weighted by atomic mass is 19.4. The molecule has 0 radical (unpaired) electrons. The van der Waals surface area contributed by atoms with Crippen LogP contribution < -0.4 is 10.9 Å². The quantitative estimate of drug-likeness (QED) is 0.900. The van der Waals surface area contributed by atoms with Crippen LogP contribution in [-0.2, 0) is 0 Å². The fraction of sp³-hybridized carbons (Fsp3) is 0.308. The molecule has 0 aliphatic heterocycles. The van der Waals surface area contributed by atoms with Gasteiger partial charge >= 0.3 is 6.18 Å². The molecule has 6 heteroatoms. The summed E-state index contributed by atoms with van der Waals surface area (Å²) in [7, 11) is 0. The maximum absolute atomic E-state index is 13.1. The summed E-state index contributed by atoms with van der Waals surface area (Å²) in [5.41, 5.74) is -0.360. The second kappa shape index (κ2) is 5.05. The number of benzene rings is 1. The number of pyridine rings is 1. The van der Waals surface area contributed by atoms with Gasteiger partial charge in [-0.1, -0.05) is 25.1 Å². The van der Waals surface area contributed by atoms with Crippen molar-refractivity contribution in [2.45, 2.75) is 19.1 Å². The molecule has 0 aliphatic carbocycles. The van der Waals surface area contributed by atoms with Gasteiger partial charge in [0.2, 0.25) is 0 Å². The molecule has 19 heavy (non-hydrogen) atoms. The average Bonchev–Trinajstić information content (AvgIpc) is 2.36. The van der Waals surface area contributed by atoms with Crippen LogP contribution in [-0.4, -0.2) is 17.7 Å². The number of aromatic nitrogens is 1. The zero-order valence-electron chi connectivity index (χ0n) is 10.2. The number of nitrogens with one attached hydrogen (secondary N) is 2. The zero-order chi connectivity index (χ0) is 14.0. The predicted octanol–water partition coefficient (Wildman–Crippen LogP) is 2.74. The van der Waals surface area contributed by atoms with Gasteiger partial charge in [0.15, 0.2) is 0 Å². The van der Waals surface area contributed by atoms with Crippen molar-refractivity contribution in [2.75, 3.05) is 6.54 Å². The van der Waals surface area contributed by atoms with Gasteiger partial charge in [-0.3, -0.25) is 4.79 Å². The topological polar surface area (TPSA) is 44.9 Å². The molecule has 1 unspecified atom stereocenters. The van der Waals surface area contributed by atoms with Crippen LogP contribution in [0.5, 0.6) is 0 Å². The molecule has 102 valence electrons. The minimum Gasteiger partial charge on any atom is -0.328 e. The first-order chi connectivity index (χ1) is 8.95. The van der Waals surface area contributed by atoms with E-state index in [1.807, 2.05) is 0 Å². The summed E-state index contributed by atoms with van der Waals surface area (Å²) in [5.74, 6) is 0. The normalized spacial score (nSPS) is 13.7. The second-order valence-electron chi connectivity index (χ2n) is 4.15. The molecule has 2 N–H and O–H groups in total. The van der Waals surface area contributed by atoms with Crippen molar-refractivity contribution in [3.8, 4) is 0 Å². The molecule has 0 saturated carbocycles. The lowest BCUT2D eigenvalue weighted by Crippen LogP contribution is -2.34. The van der Waals surface area contributed by atoms with Crippen LogP contribution in [0.25, 0.3) is 10.8 Å². The van der Waals surface area contributed by atoms with E-state index in [-0.39, 0.29) is 17.5 Å². The molecular weight excluding hydrogens is 257 g/mol. The number of halogens is 3. The molecule has 1 atom stereocenters. The lowest BCUT2D eigenvalue weighted by Gasteiger charge is -2.22. The molecule has 0 amide bonds. The number of H-pyrrole nitrogens is 1. The number of rotatable bonds is 3. The molecule has 2 aromatic rings. The van der Waals surface area contributed by atoms with E-state index in [9.17, 15) is 18.0 Å². The highest BCUT2D eigenvalue weighted by Gasteiger charge is 2.41. The molecule has 0 bridgehead atoms. The number of hydrogen-bond acceptors (Lipinski definition) is 2. The van der Waals surface area contributed by atoms with Gasteiger partial charge in [0, 0.05) is 17.1 Å². The second-order valence-corrected chi connectivity index (χ2v) is 4.15. The first kappa shape index (κ1) is 13.6. The SMILES string of the molecule is CCNC(c1c[nH]c(=O)c2ccccc12)C(F)(F)F. The molecule has 0 spiro atoms. The number of fused-ring (bicyclic) bond motifs is 1. The van der Waals surface area contributed by atoms with Crippen molar-refractivity contribution < 1.29 is 13.2 Å². The molecule has 1 aromatic heterocycles. The largest absolute Gasteiger partial charge is 0.407 e. The van der Waals surface area contributed by atoms with Crippen molar-refractivity contribution in [1.82, 2.24) is 10.3 Å². The molecule has 0 aliphatic rings. The average molecular weight is 270 g/mol. The summed E-state index contributed by atoms with van der Waals surface area (Å²) >= 11 is 0. The van der Waals surface area contributed by atoms with E-state index in [4.69, 9.17) is 0 Å². The molecule has 1 heterocycles. The Morgan fingerprint density at radius 3 is 2.47 bits per heavy atom. The third-order valence-electron chi connectivity index (χ3n) is 2.89. The maximum Gasteiger partial charge on any atom is 0.407 e. The van der Waals surface area contributed by atoms with Gasteiger partial charge < -0.3 is 10.3 Å². The third kappa shape index (κ3) is 2.63. The van der Waals surface area contributed by atoms with Crippen LogP contribution >= 0.6 is 0 Å². The van der Waals surface area contributed by atoms with Gasteiger partial charge in [-0.2, -0.15) is 13.2 Å². The maximum atomic E-state index is 13.1. The van der Waals surface area contributed by atoms with Gasteiger partial charge in [-0.05, 0) is 18.0 Å². The number of hydrogen-bond donors (Lipinski definition) is 2. The van der Waals surface area contributed by atoms with Gasteiger partial charge in [0.05, 0.1) is 0 Å². The molecule has 0 fully saturated rings. The first-order valence-electron chi connectivity index (χ1n) is 5.85. The lowest BCUT2D eigenvalue weighted by atomic mass is 10.0. The molecule has 3 nitrogen and oxygen atoms in total. The van der Waals surface area contributed by atoms with E-state index in [0.717, 1.165) is 6.20 Å². The van der Waals surface area contributed by atoms with E-state index in [1.165, 1.54) is 12.1 Å². The number of aromatic amines is 1. The van der Waals surface area contributed by atoms with Crippen LogP contribution in [0, 0.1) is 0 Å². The van der Waals surface area contributed by atoms with E-state index >= 15 is 0 Å². The van der Waals surface area contributed by atoms with Gasteiger partial charge in [-0.25, -0.2) is 0 Å². The Labute approximate surface area is 107 Å². The van der Waals surface area contributed by atoms with Crippen LogP contribution in [0.4, 0.5) is 13.2 Å². The van der Waals surface area contributed by atoms with Crippen molar-refractivity contribution in [1.29, 1.82) is 0 Å². The van der Waals surface area contributed by atoms with Crippen molar-refractivity contribution in [2.24, 2.45) is 0 Å². The fourth-order valence-corrected chi connectivity index (χ4v) is 2.08. The smallest absolute Gasteiger partial charge is 0.328 e. The summed E-state index contributed by atoms with van der Waals surface area (Å²) in [6.07, 6.45) is -3.29. The predicted molar refractivity (Wildman–Crippen MR) is 67.0 cm³/mol. The van der Waals surface area contributed by atoms with Gasteiger partial charge in [0.25, 0.3) is 5.56 Å². The van der Waals surface area contributed by atoms with Crippen molar-refractivity contribution >= 4 is 10.8 Å². The van der Waals surface area contributed by atoms with E-state index < -0.39 is 17.8 Å². The highest BCUT2D eigenvalue weighted by Crippen LogP contribution is 2.34. The van der Waals surface area contributed by atoms with Crippen LogP contribution in [0.15, 0.2) is 35.3 Å². The third-order valence-corrected chi connectivity index (χ3v) is 2.89. The van der Waals surface area contributed by atoms with Crippen LogP contribution in [0.1, 0.15) is 18.5 Å². The Morgan fingerprint density at radius 2 is 1.89 bits per heavy atom. The van der Waals surface area contributed by atoms with E-state index in [2.05, 4.69) is 10.3 Å². The molecule has 0 saturated heterocycles. The molecule has 2 rings (SSSR count). The molecular formula is C13H13F3N2O. The van der Waals surface area contributed by atoms with E-state index in [1.54, 1.807) is 19.1 Å². The lowest BCUT2D eigenvalue weighted by molar-refractivity contribution is -0.157. The summed E-state index contributed by atoms with van der Waals surface area (Å²) in [5, 5.41) is 2.97.